The van der Waals surface area contributed by atoms with Gasteiger partial charge in [0.2, 0.25) is 0 Å². The van der Waals surface area contributed by atoms with E-state index >= 15 is 0 Å². The van der Waals surface area contributed by atoms with Crippen molar-refractivity contribution in [3.05, 3.63) is 29.8 Å². The molecule has 0 amide bonds. The summed E-state index contributed by atoms with van der Waals surface area (Å²) in [5, 5.41) is 0. The van der Waals surface area contributed by atoms with Gasteiger partial charge in [0.1, 0.15) is 17.4 Å². The molecular formula is C20H28O5. The number of benzene rings is 1. The first-order valence-corrected chi connectivity index (χ1v) is 8.92. The SMILES string of the molecule is COc1ccccc1C(=O)OCC(=O)OC1CC(C)CCC1C(C)C. The molecule has 3 atom stereocenters. The Labute approximate surface area is 149 Å². The molecule has 0 N–H and O–H groups in total. The van der Waals surface area contributed by atoms with Gasteiger partial charge >= 0.3 is 11.9 Å². The Kier molecular flexibility index (Phi) is 6.85. The smallest absolute Gasteiger partial charge is 0.344 e. The number of esters is 2. The predicted octanol–water partition coefficient (Wildman–Crippen LogP) is 3.86. The van der Waals surface area contributed by atoms with Gasteiger partial charge in [-0.2, -0.15) is 0 Å². The fourth-order valence-electron chi connectivity index (χ4n) is 3.47. The fraction of sp³-hybridized carbons (Fsp3) is 0.600. The molecule has 0 radical (unpaired) electrons. The third-order valence-corrected chi connectivity index (χ3v) is 4.89. The molecule has 0 aliphatic heterocycles. The number of para-hydroxylation sites is 1. The molecule has 1 fully saturated rings. The highest BCUT2D eigenvalue weighted by Crippen LogP contribution is 2.35. The van der Waals surface area contributed by atoms with Crippen molar-refractivity contribution in [3.8, 4) is 5.75 Å². The molecule has 1 aliphatic rings. The Hall–Kier alpha value is -2.04. The van der Waals surface area contributed by atoms with Crippen LogP contribution in [0.25, 0.3) is 0 Å². The van der Waals surface area contributed by atoms with E-state index < -0.39 is 11.9 Å². The third-order valence-electron chi connectivity index (χ3n) is 4.89. The van der Waals surface area contributed by atoms with Crippen molar-refractivity contribution in [1.82, 2.24) is 0 Å². The van der Waals surface area contributed by atoms with Crippen molar-refractivity contribution < 1.29 is 23.8 Å². The van der Waals surface area contributed by atoms with Gasteiger partial charge in [-0.05, 0) is 42.7 Å². The van der Waals surface area contributed by atoms with E-state index in [0.29, 0.717) is 29.1 Å². The summed E-state index contributed by atoms with van der Waals surface area (Å²) in [6.45, 7) is 6.11. The van der Waals surface area contributed by atoms with Crippen molar-refractivity contribution in [2.24, 2.45) is 17.8 Å². The van der Waals surface area contributed by atoms with Gasteiger partial charge in [-0.15, -0.1) is 0 Å². The molecule has 0 heterocycles. The lowest BCUT2D eigenvalue weighted by molar-refractivity contribution is -0.159. The van der Waals surface area contributed by atoms with E-state index in [9.17, 15) is 9.59 Å². The van der Waals surface area contributed by atoms with E-state index in [2.05, 4.69) is 20.8 Å². The van der Waals surface area contributed by atoms with E-state index in [-0.39, 0.29) is 12.7 Å². The first-order valence-electron chi connectivity index (χ1n) is 8.92. The van der Waals surface area contributed by atoms with Crippen molar-refractivity contribution in [1.29, 1.82) is 0 Å². The maximum absolute atomic E-state index is 12.1. The van der Waals surface area contributed by atoms with Crippen LogP contribution < -0.4 is 4.74 Å². The minimum absolute atomic E-state index is 0.0961. The van der Waals surface area contributed by atoms with Crippen LogP contribution in [0.4, 0.5) is 0 Å². The summed E-state index contributed by atoms with van der Waals surface area (Å²) in [4.78, 5) is 24.3. The maximum Gasteiger partial charge on any atom is 0.344 e. The van der Waals surface area contributed by atoms with Crippen LogP contribution in [0.1, 0.15) is 50.4 Å². The first kappa shape index (κ1) is 19.3. The lowest BCUT2D eigenvalue weighted by Gasteiger charge is -2.36. The van der Waals surface area contributed by atoms with Crippen molar-refractivity contribution in [3.63, 3.8) is 0 Å². The summed E-state index contributed by atoms with van der Waals surface area (Å²) in [6, 6.07) is 6.75. The van der Waals surface area contributed by atoms with E-state index in [4.69, 9.17) is 14.2 Å². The third kappa shape index (κ3) is 5.21. The minimum atomic E-state index is -0.591. The van der Waals surface area contributed by atoms with E-state index in [0.717, 1.165) is 12.8 Å². The molecule has 3 unspecified atom stereocenters. The van der Waals surface area contributed by atoms with E-state index in [1.807, 2.05) is 0 Å². The summed E-state index contributed by atoms with van der Waals surface area (Å²) in [7, 11) is 1.48. The number of ether oxygens (including phenoxy) is 3. The molecule has 0 bridgehead atoms. The average molecular weight is 348 g/mol. The molecule has 1 aliphatic carbocycles. The van der Waals surface area contributed by atoms with Crippen LogP contribution in [0, 0.1) is 17.8 Å². The summed E-state index contributed by atoms with van der Waals surface area (Å²) in [5.74, 6) is 0.706. The second kappa shape index (κ2) is 8.88. The Bertz CT molecular complexity index is 596. The van der Waals surface area contributed by atoms with Crippen LogP contribution in [0.3, 0.4) is 0 Å². The number of carbonyl (C=O) groups excluding carboxylic acids is 2. The molecule has 1 aromatic carbocycles. The maximum atomic E-state index is 12.1. The van der Waals surface area contributed by atoms with Gasteiger partial charge in [-0.25, -0.2) is 9.59 Å². The molecule has 1 aromatic rings. The Morgan fingerprint density at radius 1 is 1.20 bits per heavy atom. The quantitative estimate of drug-likeness (QED) is 0.731. The predicted molar refractivity (Wildman–Crippen MR) is 94.5 cm³/mol. The molecular weight excluding hydrogens is 320 g/mol. The molecule has 0 aromatic heterocycles. The summed E-state index contributed by atoms with van der Waals surface area (Å²) in [6.07, 6.45) is 3.01. The fourth-order valence-corrected chi connectivity index (χ4v) is 3.47. The van der Waals surface area contributed by atoms with Gasteiger partial charge in [0.25, 0.3) is 0 Å². The number of hydrogen-bond donors (Lipinski definition) is 0. The molecule has 0 spiro atoms. The second-order valence-corrected chi connectivity index (χ2v) is 7.13. The van der Waals surface area contributed by atoms with Gasteiger partial charge < -0.3 is 14.2 Å². The van der Waals surface area contributed by atoms with Crippen molar-refractivity contribution >= 4 is 11.9 Å². The second-order valence-electron chi connectivity index (χ2n) is 7.13. The Morgan fingerprint density at radius 2 is 1.92 bits per heavy atom. The Balaban J connectivity index is 1.90. The highest BCUT2D eigenvalue weighted by atomic mass is 16.6. The molecule has 1 saturated carbocycles. The lowest BCUT2D eigenvalue weighted by Crippen LogP contribution is -2.36. The van der Waals surface area contributed by atoms with E-state index in [1.54, 1.807) is 24.3 Å². The van der Waals surface area contributed by atoms with E-state index in [1.165, 1.54) is 13.5 Å². The zero-order valence-electron chi connectivity index (χ0n) is 15.5. The highest BCUT2D eigenvalue weighted by Gasteiger charge is 2.33. The molecule has 5 heteroatoms. The number of carbonyl (C=O) groups is 2. The first-order chi connectivity index (χ1) is 11.9. The topological polar surface area (TPSA) is 61.8 Å². The van der Waals surface area contributed by atoms with Crippen molar-refractivity contribution in [2.75, 3.05) is 13.7 Å². The standard InChI is InChI=1S/C20H28O5/c1-13(2)15-10-9-14(3)11-18(15)25-19(21)12-24-20(22)16-7-5-6-8-17(16)23-4/h5-8,13-15,18H,9-12H2,1-4H3. The molecule has 0 saturated heterocycles. The zero-order valence-corrected chi connectivity index (χ0v) is 15.5. The Morgan fingerprint density at radius 3 is 2.60 bits per heavy atom. The van der Waals surface area contributed by atoms with Crippen molar-refractivity contribution in [2.45, 2.75) is 46.1 Å². The van der Waals surface area contributed by atoms with Gasteiger partial charge in [0.05, 0.1) is 7.11 Å². The van der Waals surface area contributed by atoms with Crippen LogP contribution >= 0.6 is 0 Å². The lowest BCUT2D eigenvalue weighted by atomic mass is 9.75. The molecule has 25 heavy (non-hydrogen) atoms. The monoisotopic (exact) mass is 348 g/mol. The number of methoxy groups -OCH3 is 1. The largest absolute Gasteiger partial charge is 0.496 e. The summed E-state index contributed by atoms with van der Waals surface area (Å²) in [5.41, 5.74) is 0.296. The van der Waals surface area contributed by atoms with Gasteiger partial charge in [0.15, 0.2) is 6.61 Å². The molecule has 5 nitrogen and oxygen atoms in total. The van der Waals surface area contributed by atoms with Crippen LogP contribution in [-0.2, 0) is 14.3 Å². The average Bonchev–Trinajstić information content (AvgIpc) is 2.59. The number of rotatable bonds is 6. The molecule has 2 rings (SSSR count). The summed E-state index contributed by atoms with van der Waals surface area (Å²) >= 11 is 0. The minimum Gasteiger partial charge on any atom is -0.496 e. The number of hydrogen-bond acceptors (Lipinski definition) is 5. The molecule has 138 valence electrons. The summed E-state index contributed by atoms with van der Waals surface area (Å²) < 4.78 is 15.9. The van der Waals surface area contributed by atoms with Crippen LogP contribution in [-0.4, -0.2) is 31.8 Å². The van der Waals surface area contributed by atoms with Crippen LogP contribution in [0.5, 0.6) is 5.75 Å². The normalized spacial score (nSPS) is 23.2. The van der Waals surface area contributed by atoms with Crippen LogP contribution in [0.15, 0.2) is 24.3 Å². The van der Waals surface area contributed by atoms with Gasteiger partial charge in [-0.1, -0.05) is 39.3 Å². The van der Waals surface area contributed by atoms with Gasteiger partial charge in [-0.3, -0.25) is 0 Å². The van der Waals surface area contributed by atoms with Crippen LogP contribution in [0.2, 0.25) is 0 Å². The zero-order chi connectivity index (χ0) is 18.4. The van der Waals surface area contributed by atoms with Gasteiger partial charge in [0, 0.05) is 0 Å². The highest BCUT2D eigenvalue weighted by molar-refractivity contribution is 5.93.